The molecule has 0 saturated carbocycles. The van der Waals surface area contributed by atoms with E-state index in [4.69, 9.17) is 14.2 Å². The third-order valence-corrected chi connectivity index (χ3v) is 7.38. The largest absolute Gasteiger partial charge is 0.466 e. The highest BCUT2D eigenvalue weighted by atomic mass is 32.1. The van der Waals surface area contributed by atoms with E-state index >= 15 is 0 Å². The maximum atomic E-state index is 12.1. The number of imidazole rings is 1. The standard InChI is InChI=1S/C25H31N7O3S/c1-15(2)21-27-23(35-29-21)31-12-10-17(11-13-31)16(3)34-25-28-32-14-20(26-24(32)36-25)18-6-8-19(9-7-18)22(33)30(4)5/h6-9,14-17H,10-13H2,1-5H3. The summed E-state index contributed by atoms with van der Waals surface area (Å²) in [5.41, 5.74) is 2.40. The Balaban J connectivity index is 1.18. The van der Waals surface area contributed by atoms with Crippen LogP contribution in [-0.2, 0) is 0 Å². The van der Waals surface area contributed by atoms with Crippen LogP contribution in [0.15, 0.2) is 35.0 Å². The number of hydrogen-bond acceptors (Lipinski definition) is 9. The molecule has 1 unspecified atom stereocenters. The molecule has 1 atom stereocenters. The Morgan fingerprint density at radius 3 is 2.47 bits per heavy atom. The predicted molar refractivity (Wildman–Crippen MR) is 138 cm³/mol. The number of amides is 1. The third kappa shape index (κ3) is 4.92. The van der Waals surface area contributed by atoms with Crippen LogP contribution in [0, 0.1) is 5.92 Å². The minimum Gasteiger partial charge on any atom is -0.466 e. The monoisotopic (exact) mass is 509 g/mol. The normalized spacial score (nSPS) is 15.6. The number of carbonyl (C=O) groups excluding carboxylic acids is 1. The highest BCUT2D eigenvalue weighted by Crippen LogP contribution is 2.30. The van der Waals surface area contributed by atoms with Gasteiger partial charge >= 0.3 is 6.01 Å². The fourth-order valence-electron chi connectivity index (χ4n) is 4.32. The van der Waals surface area contributed by atoms with Gasteiger partial charge in [-0.25, -0.2) is 9.50 Å². The summed E-state index contributed by atoms with van der Waals surface area (Å²) in [5, 5.41) is 9.28. The van der Waals surface area contributed by atoms with E-state index in [0.717, 1.165) is 48.0 Å². The lowest BCUT2D eigenvalue weighted by molar-refractivity contribution is 0.0827. The van der Waals surface area contributed by atoms with Crippen LogP contribution in [-0.4, -0.2) is 68.8 Å². The molecular weight excluding hydrogens is 478 g/mol. The van der Waals surface area contributed by atoms with E-state index in [1.54, 1.807) is 23.5 Å². The second-order valence-corrected chi connectivity index (χ2v) is 10.7. The van der Waals surface area contributed by atoms with Crippen LogP contribution in [0.25, 0.3) is 16.2 Å². The van der Waals surface area contributed by atoms with Crippen molar-refractivity contribution in [3.8, 4) is 16.5 Å². The van der Waals surface area contributed by atoms with Gasteiger partial charge in [-0.05, 0) is 49.2 Å². The molecule has 36 heavy (non-hydrogen) atoms. The smallest absolute Gasteiger partial charge is 0.324 e. The molecule has 190 valence electrons. The number of aromatic nitrogens is 5. The van der Waals surface area contributed by atoms with Gasteiger partial charge in [0.25, 0.3) is 11.1 Å². The highest BCUT2D eigenvalue weighted by molar-refractivity contribution is 7.18. The van der Waals surface area contributed by atoms with Gasteiger partial charge < -0.3 is 19.1 Å². The second kappa shape index (κ2) is 9.88. The van der Waals surface area contributed by atoms with Gasteiger partial charge in [0.2, 0.25) is 4.96 Å². The van der Waals surface area contributed by atoms with Crippen LogP contribution in [0.5, 0.6) is 5.19 Å². The molecule has 1 aliphatic rings. The van der Waals surface area contributed by atoms with Gasteiger partial charge in [-0.2, -0.15) is 4.98 Å². The minimum atomic E-state index is -0.0227. The topological polar surface area (TPSA) is 102 Å². The summed E-state index contributed by atoms with van der Waals surface area (Å²) in [5.74, 6) is 1.40. The van der Waals surface area contributed by atoms with Gasteiger partial charge in [0.15, 0.2) is 5.82 Å². The summed E-state index contributed by atoms with van der Waals surface area (Å²) >= 11 is 1.43. The predicted octanol–water partition coefficient (Wildman–Crippen LogP) is 4.35. The van der Waals surface area contributed by atoms with Gasteiger partial charge in [0.05, 0.1) is 11.9 Å². The van der Waals surface area contributed by atoms with E-state index < -0.39 is 0 Å². The number of ether oxygens (including phenoxy) is 1. The van der Waals surface area contributed by atoms with Gasteiger partial charge in [-0.1, -0.05) is 31.1 Å². The lowest BCUT2D eigenvalue weighted by Gasteiger charge is -2.33. The lowest BCUT2D eigenvalue weighted by Crippen LogP contribution is -2.38. The molecule has 1 fully saturated rings. The number of hydrogen-bond donors (Lipinski definition) is 0. The Kier molecular flexibility index (Phi) is 6.65. The van der Waals surface area contributed by atoms with Crippen molar-refractivity contribution in [2.45, 2.75) is 45.6 Å². The van der Waals surface area contributed by atoms with Crippen LogP contribution >= 0.6 is 11.3 Å². The molecule has 0 spiro atoms. The van der Waals surface area contributed by atoms with Crippen molar-refractivity contribution in [1.29, 1.82) is 0 Å². The van der Waals surface area contributed by atoms with Crippen LogP contribution < -0.4 is 9.64 Å². The van der Waals surface area contributed by atoms with Gasteiger partial charge in [0.1, 0.15) is 6.10 Å². The summed E-state index contributed by atoms with van der Waals surface area (Å²) < 4.78 is 13.4. The molecule has 0 radical (unpaired) electrons. The first-order chi connectivity index (χ1) is 17.3. The molecule has 0 N–H and O–H groups in total. The fraction of sp³-hybridized carbons (Fsp3) is 0.480. The molecule has 0 aliphatic carbocycles. The molecule has 1 saturated heterocycles. The number of carbonyl (C=O) groups is 1. The summed E-state index contributed by atoms with van der Waals surface area (Å²) in [6.07, 6.45) is 3.90. The second-order valence-electron chi connectivity index (χ2n) is 9.74. The van der Waals surface area contributed by atoms with E-state index in [1.165, 1.54) is 11.3 Å². The first kappa shape index (κ1) is 24.2. The number of fused-ring (bicyclic) bond motifs is 1. The Bertz CT molecular complexity index is 1300. The number of anilines is 1. The summed E-state index contributed by atoms with van der Waals surface area (Å²) in [4.78, 5) is 25.8. The molecule has 10 nitrogen and oxygen atoms in total. The molecule has 11 heteroatoms. The Morgan fingerprint density at radius 1 is 1.14 bits per heavy atom. The maximum absolute atomic E-state index is 12.1. The molecule has 1 amide bonds. The molecule has 1 aromatic carbocycles. The van der Waals surface area contributed by atoms with Crippen LogP contribution in [0.1, 0.15) is 55.7 Å². The SMILES string of the molecule is CC(C)c1noc(N2CCC(C(C)Oc3nn4cc(-c5ccc(C(=O)N(C)C)cc5)nc4s3)CC2)n1. The molecular formula is C25H31N7O3S. The van der Waals surface area contributed by atoms with E-state index in [9.17, 15) is 4.79 Å². The van der Waals surface area contributed by atoms with Crippen molar-refractivity contribution in [2.24, 2.45) is 5.92 Å². The first-order valence-corrected chi connectivity index (χ1v) is 13.0. The lowest BCUT2D eigenvalue weighted by atomic mass is 9.92. The van der Waals surface area contributed by atoms with Crippen LogP contribution in [0.4, 0.5) is 6.01 Å². The van der Waals surface area contributed by atoms with Crippen molar-refractivity contribution < 1.29 is 14.1 Å². The molecule has 5 rings (SSSR count). The van der Waals surface area contributed by atoms with Crippen molar-refractivity contribution in [2.75, 3.05) is 32.1 Å². The maximum Gasteiger partial charge on any atom is 0.324 e. The molecule has 0 bridgehead atoms. The molecule has 4 heterocycles. The summed E-state index contributed by atoms with van der Waals surface area (Å²) in [7, 11) is 3.49. The zero-order chi connectivity index (χ0) is 25.4. The van der Waals surface area contributed by atoms with Gasteiger partial charge in [-0.15, -0.1) is 5.10 Å². The number of rotatable bonds is 7. The first-order valence-electron chi connectivity index (χ1n) is 12.2. The van der Waals surface area contributed by atoms with E-state index in [2.05, 4.69) is 40.9 Å². The van der Waals surface area contributed by atoms with Crippen LogP contribution in [0.2, 0.25) is 0 Å². The average molecular weight is 510 g/mol. The zero-order valence-electron chi connectivity index (χ0n) is 21.2. The quantitative estimate of drug-likeness (QED) is 0.362. The van der Waals surface area contributed by atoms with Crippen molar-refractivity contribution in [1.82, 2.24) is 29.6 Å². The summed E-state index contributed by atoms with van der Waals surface area (Å²) in [6.45, 7) is 7.95. The van der Waals surface area contributed by atoms with Crippen LogP contribution in [0.3, 0.4) is 0 Å². The molecule has 1 aliphatic heterocycles. The Hall–Kier alpha value is -3.47. The Morgan fingerprint density at radius 2 is 1.86 bits per heavy atom. The number of piperidine rings is 1. The number of nitrogens with zero attached hydrogens (tertiary/aromatic N) is 7. The minimum absolute atomic E-state index is 0.0227. The highest BCUT2D eigenvalue weighted by Gasteiger charge is 2.28. The third-order valence-electron chi connectivity index (χ3n) is 6.57. The zero-order valence-corrected chi connectivity index (χ0v) is 22.0. The number of benzene rings is 1. The fourth-order valence-corrected chi connectivity index (χ4v) is 5.13. The Labute approximate surface area is 213 Å². The summed E-state index contributed by atoms with van der Waals surface area (Å²) in [6, 6.07) is 8.07. The van der Waals surface area contributed by atoms with Crippen molar-refractivity contribution >= 4 is 28.2 Å². The van der Waals surface area contributed by atoms with Gasteiger partial charge in [0, 0.05) is 44.2 Å². The van der Waals surface area contributed by atoms with Crippen molar-refractivity contribution in [3.63, 3.8) is 0 Å². The molecule has 4 aromatic rings. The van der Waals surface area contributed by atoms with E-state index in [1.807, 2.05) is 30.5 Å². The average Bonchev–Trinajstić information content (AvgIpc) is 3.59. The van der Waals surface area contributed by atoms with Crippen molar-refractivity contribution in [3.05, 3.63) is 41.9 Å². The van der Waals surface area contributed by atoms with E-state index in [0.29, 0.717) is 22.7 Å². The molecule has 3 aromatic heterocycles. The van der Waals surface area contributed by atoms with Gasteiger partial charge in [-0.3, -0.25) is 4.79 Å². The van der Waals surface area contributed by atoms with E-state index in [-0.39, 0.29) is 17.9 Å².